The summed E-state index contributed by atoms with van der Waals surface area (Å²) in [6, 6.07) is 32.7. The molecule has 1 unspecified atom stereocenters. The number of nitrogens with zero attached hydrogens (tertiary/aromatic N) is 5. The highest BCUT2D eigenvalue weighted by Crippen LogP contribution is 2.34. The van der Waals surface area contributed by atoms with Gasteiger partial charge in [-0.1, -0.05) is 121 Å². The van der Waals surface area contributed by atoms with Crippen LogP contribution in [-0.2, 0) is 112 Å². The maximum atomic E-state index is 12.7. The third kappa shape index (κ3) is 37.3. The molecule has 4 aromatic rings. The van der Waals surface area contributed by atoms with Gasteiger partial charge < -0.3 is 68.3 Å². The molecule has 7 aliphatic heterocycles. The number of halogens is 9. The Morgan fingerprint density at radius 3 is 0.886 bits per heavy atom. The van der Waals surface area contributed by atoms with Crippen LogP contribution in [0.15, 0.2) is 121 Å². The van der Waals surface area contributed by atoms with Gasteiger partial charge in [-0.2, -0.15) is 39.5 Å². The second-order valence-corrected chi connectivity index (χ2v) is 27.2. The predicted octanol–water partition coefficient (Wildman–Crippen LogP) is 10.7. The lowest BCUT2D eigenvalue weighted by Gasteiger charge is -2.27. The lowest BCUT2D eigenvalue weighted by Crippen LogP contribution is -2.46. The number of amides is 3. The SMILES string of the molecule is CC(C)(C)OC(=O)N1CCC[C@H]1C(=O)O.CC(C)(C)OC(=O)N1CCC[C@H]1C(=O)OCc1ccccc1.O=C(O)C(F)(F)F.O=C(O)[C@H]1CO1.O=C(OCc1ccccc1)C1CCCN1C(=O)[C@H]1CO1.O=C(OCc1ccccc1)[C@@H]1CCCN1C(F)(F)F.O=C(OCc1ccccc1)[C@@H]1CCCN1C(F)(F)F.O=CO.O=CO. The van der Waals surface area contributed by atoms with Crippen LogP contribution < -0.4 is 0 Å². The molecule has 7 aliphatic rings. The molecular formula is C75H94F9N5O25. The first-order chi connectivity index (χ1) is 53.5. The van der Waals surface area contributed by atoms with E-state index in [-0.39, 0.29) is 99.1 Å². The zero-order valence-electron chi connectivity index (χ0n) is 63.1. The maximum absolute atomic E-state index is 12.7. The summed E-state index contributed by atoms with van der Waals surface area (Å²) < 4.78 is 148. The van der Waals surface area contributed by atoms with Crippen molar-refractivity contribution in [1.29, 1.82) is 0 Å². The summed E-state index contributed by atoms with van der Waals surface area (Å²) in [5.41, 5.74) is 2.24. The Morgan fingerprint density at radius 1 is 0.395 bits per heavy atom. The lowest BCUT2D eigenvalue weighted by molar-refractivity contribution is -0.252. The maximum Gasteiger partial charge on any atom is 0.490 e. The number of rotatable bonds is 15. The molecule has 11 rings (SSSR count). The van der Waals surface area contributed by atoms with E-state index in [9.17, 15) is 82.7 Å². The van der Waals surface area contributed by atoms with Gasteiger partial charge in [0.15, 0.2) is 12.2 Å². The summed E-state index contributed by atoms with van der Waals surface area (Å²) in [5, 5.41) is 37.7. The Bertz CT molecular complexity index is 3570. The average molecular weight is 1640 g/mol. The van der Waals surface area contributed by atoms with Crippen LogP contribution in [0.1, 0.15) is 128 Å². The van der Waals surface area contributed by atoms with E-state index in [0.717, 1.165) is 41.5 Å². The van der Waals surface area contributed by atoms with Crippen molar-refractivity contribution in [2.45, 2.75) is 205 Å². The first-order valence-corrected chi connectivity index (χ1v) is 35.4. The summed E-state index contributed by atoms with van der Waals surface area (Å²) >= 11 is 0. The minimum absolute atomic E-state index is 0.00186. The number of alkyl halides is 9. The van der Waals surface area contributed by atoms with E-state index >= 15 is 0 Å². The number of aliphatic carboxylic acids is 3. The first kappa shape index (κ1) is 97.5. The van der Waals surface area contributed by atoms with Gasteiger partial charge in [0.2, 0.25) is 0 Å². The molecule has 0 bridgehead atoms. The van der Waals surface area contributed by atoms with E-state index in [4.69, 9.17) is 73.1 Å². The second kappa shape index (κ2) is 47.8. The van der Waals surface area contributed by atoms with Gasteiger partial charge in [-0.25, -0.2) is 43.4 Å². The van der Waals surface area contributed by atoms with Gasteiger partial charge in [0.1, 0.15) is 67.8 Å². The van der Waals surface area contributed by atoms with Crippen LogP contribution in [0.2, 0.25) is 0 Å². The fourth-order valence-corrected chi connectivity index (χ4v) is 10.9. The van der Waals surface area contributed by atoms with Crippen molar-refractivity contribution in [3.63, 3.8) is 0 Å². The Morgan fingerprint density at radius 2 is 0.640 bits per heavy atom. The van der Waals surface area contributed by atoms with Crippen molar-refractivity contribution in [1.82, 2.24) is 24.5 Å². The van der Waals surface area contributed by atoms with Gasteiger partial charge in [0.05, 0.1) is 13.2 Å². The molecule has 0 radical (unpaired) electrons. The number of hydrogen-bond donors (Lipinski definition) is 5. The lowest BCUT2D eigenvalue weighted by atomic mass is 10.2. The molecule has 7 saturated heterocycles. The number of epoxide rings is 2. The minimum atomic E-state index is -5.08. The summed E-state index contributed by atoms with van der Waals surface area (Å²) in [7, 11) is 0. The van der Waals surface area contributed by atoms with Crippen LogP contribution in [0.3, 0.4) is 0 Å². The first-order valence-electron chi connectivity index (χ1n) is 35.4. The van der Waals surface area contributed by atoms with Gasteiger partial charge in [-0.05, 0) is 128 Å². The van der Waals surface area contributed by atoms with Crippen LogP contribution in [0, 0.1) is 0 Å². The molecule has 30 nitrogen and oxygen atoms in total. The summed E-state index contributed by atoms with van der Waals surface area (Å²) in [4.78, 5) is 134. The molecule has 0 aromatic heterocycles. The molecule has 39 heteroatoms. The van der Waals surface area contributed by atoms with Crippen molar-refractivity contribution >= 4 is 72.8 Å². The highest BCUT2D eigenvalue weighted by molar-refractivity contribution is 5.89. The van der Waals surface area contributed by atoms with Gasteiger partial charge >= 0.3 is 72.7 Å². The van der Waals surface area contributed by atoms with E-state index in [0.29, 0.717) is 65.0 Å². The van der Waals surface area contributed by atoms with E-state index in [1.165, 1.54) is 9.80 Å². The highest BCUT2D eigenvalue weighted by Gasteiger charge is 2.50. The zero-order valence-corrected chi connectivity index (χ0v) is 63.1. The molecule has 0 saturated carbocycles. The van der Waals surface area contributed by atoms with E-state index in [1.54, 1.807) is 74.2 Å². The third-order valence-electron chi connectivity index (χ3n) is 16.2. The summed E-state index contributed by atoms with van der Waals surface area (Å²) in [6.07, 6.45) is -10.6. The second-order valence-electron chi connectivity index (χ2n) is 27.2. The molecule has 0 spiro atoms. The smallest absolute Gasteiger partial charge is 0.483 e. The molecule has 4 aromatic carbocycles. The van der Waals surface area contributed by atoms with E-state index < -0.39 is 108 Å². The van der Waals surface area contributed by atoms with Crippen molar-refractivity contribution in [2.75, 3.05) is 45.9 Å². The molecule has 0 aliphatic carbocycles. The highest BCUT2D eigenvalue weighted by atomic mass is 19.4. The number of carbonyl (C=O) groups is 12. The van der Waals surface area contributed by atoms with Gasteiger partial charge in [0.25, 0.3) is 18.9 Å². The van der Waals surface area contributed by atoms with E-state index in [1.807, 2.05) is 93.6 Å². The number of ether oxygens (including phenoxy) is 8. The molecular weight excluding hydrogens is 1540 g/mol. The van der Waals surface area contributed by atoms with Gasteiger partial charge in [0, 0.05) is 32.7 Å². The van der Waals surface area contributed by atoms with Crippen molar-refractivity contribution in [2.24, 2.45) is 0 Å². The molecule has 7 atom stereocenters. The number of carbonyl (C=O) groups excluding carboxylic acids is 7. The number of carboxylic acid groups (broad SMARTS) is 5. The largest absolute Gasteiger partial charge is 0.490 e. The number of likely N-dealkylation sites (tertiary alicyclic amines) is 5. The van der Waals surface area contributed by atoms with Crippen molar-refractivity contribution in [3.8, 4) is 0 Å². The monoisotopic (exact) mass is 1640 g/mol. The van der Waals surface area contributed by atoms with Crippen LogP contribution in [0.5, 0.6) is 0 Å². The quantitative estimate of drug-likeness (QED) is 0.0184. The fourth-order valence-electron chi connectivity index (χ4n) is 10.9. The van der Waals surface area contributed by atoms with Crippen LogP contribution >= 0.6 is 0 Å². The summed E-state index contributed by atoms with van der Waals surface area (Å²) in [6.45, 7) is 12.9. The topological polar surface area (TPSA) is 403 Å². The van der Waals surface area contributed by atoms with Gasteiger partial charge in [-0.15, -0.1) is 0 Å². The molecule has 7 fully saturated rings. The average Bonchev–Trinajstić information content (AvgIpc) is 1.67. The molecule has 5 N–H and O–H groups in total. The normalized spacial score (nSPS) is 19.9. The number of esters is 4. The number of benzene rings is 4. The standard InChI is InChI=1S/C17H23NO4.C15H17NO4.2C13H14F3NO2.C10H17NO4.C3H4O3.C2HF3O2.2CH2O2/c1-17(2,3)22-16(20)18-11-7-10-14(18)15(19)21-12-13-8-5-4-6-9-13;17-14(13-10-19-13)16-8-4-7-12(16)15(18)20-9-11-5-2-1-3-6-11;2*14-13(15,16)17-8-4-7-11(17)12(18)19-9-10-5-2-1-3-6-10;1-10(2,3)15-9(14)11-6-4-5-7(11)8(12)13;4-3(5)2-1-6-2;3-2(4,5)1(6)7;2*2-1-3/h4-6,8-9,14H,7,10-12H2,1-3H3;1-3,5-6,12-13H,4,7-10H2;2*1-3,5-6,11H,4,7-9H2;7H,4-6H2,1-3H3,(H,12,13);2H,1H2,(H,4,5);(H,6,7);2*1H,(H,2,3)/t14-;12?,13-;2*11-;7-;2-;;;/m010001.../s1. The Labute approximate surface area is 649 Å². The van der Waals surface area contributed by atoms with Crippen LogP contribution in [0.25, 0.3) is 0 Å². The predicted molar refractivity (Wildman–Crippen MR) is 379 cm³/mol. The van der Waals surface area contributed by atoms with Crippen molar-refractivity contribution < 1.29 is 160 Å². The fraction of sp³-hybridized carbons (Fsp3) is 0.520. The number of carboxylic acids is 3. The Kier molecular flexibility index (Phi) is 40.9. The van der Waals surface area contributed by atoms with E-state index in [2.05, 4.69) is 4.74 Å². The van der Waals surface area contributed by atoms with Crippen LogP contribution in [0.4, 0.5) is 49.1 Å². The Hall–Kier alpha value is -10.7. The molecule has 632 valence electrons. The summed E-state index contributed by atoms with van der Waals surface area (Å²) in [5.74, 6) is -6.95. The van der Waals surface area contributed by atoms with Crippen molar-refractivity contribution in [3.05, 3.63) is 144 Å². The van der Waals surface area contributed by atoms with Gasteiger partial charge in [-0.3, -0.25) is 33.8 Å². The molecule has 7 heterocycles. The number of hydrogen-bond acceptors (Lipinski definition) is 22. The Balaban J connectivity index is 0.000000349. The molecule has 114 heavy (non-hydrogen) atoms. The third-order valence-corrected chi connectivity index (χ3v) is 16.2. The van der Waals surface area contributed by atoms with Crippen LogP contribution in [-0.4, -0.2) is 241 Å². The minimum Gasteiger partial charge on any atom is -0.483 e. The zero-order chi connectivity index (χ0) is 85.6. The molecule has 3 amide bonds.